The van der Waals surface area contributed by atoms with Crippen molar-refractivity contribution in [1.82, 2.24) is 10.2 Å². The summed E-state index contributed by atoms with van der Waals surface area (Å²) >= 11 is 0. The molecule has 3 amide bonds. The van der Waals surface area contributed by atoms with Gasteiger partial charge in [0, 0.05) is 6.54 Å². The second kappa shape index (κ2) is 3.24. The maximum Gasteiger partial charge on any atom is 0.325 e. The van der Waals surface area contributed by atoms with Crippen LogP contribution in [0.25, 0.3) is 0 Å². The maximum absolute atomic E-state index is 11.8. The molecule has 14 heavy (non-hydrogen) atoms. The molecule has 1 heterocycles. The topological polar surface area (TPSA) is 75.4 Å². The number of hydrogen-bond donors (Lipinski definition) is 2. The predicted octanol–water partition coefficient (Wildman–Crippen LogP) is -0.190. The van der Waals surface area contributed by atoms with Gasteiger partial charge in [0.15, 0.2) is 0 Å². The number of hydrogen-bond acceptors (Lipinski definition) is 3. The molecule has 0 aromatic heterocycles. The highest BCUT2D eigenvalue weighted by atomic mass is 16.2. The van der Waals surface area contributed by atoms with Crippen molar-refractivity contribution in [3.8, 4) is 0 Å². The molecule has 2 rings (SSSR count). The summed E-state index contributed by atoms with van der Waals surface area (Å²) in [6, 6.07) is -0.247. The van der Waals surface area contributed by atoms with E-state index in [4.69, 9.17) is 5.73 Å². The van der Waals surface area contributed by atoms with E-state index in [9.17, 15) is 9.59 Å². The summed E-state index contributed by atoms with van der Waals surface area (Å²) < 4.78 is 0. The Balaban J connectivity index is 2.04. The zero-order valence-electron chi connectivity index (χ0n) is 8.08. The second-order valence-electron chi connectivity index (χ2n) is 3.96. The quantitative estimate of drug-likeness (QED) is 0.616. The van der Waals surface area contributed by atoms with Gasteiger partial charge in [0.2, 0.25) is 0 Å². The van der Waals surface area contributed by atoms with Gasteiger partial charge in [-0.1, -0.05) is 0 Å². The molecule has 5 nitrogen and oxygen atoms in total. The van der Waals surface area contributed by atoms with Crippen molar-refractivity contribution < 1.29 is 9.59 Å². The minimum Gasteiger partial charge on any atom is -0.330 e. The first-order valence-corrected chi connectivity index (χ1v) is 5.04. The number of carbonyl (C=O) groups excluding carboxylic acids is 2. The predicted molar refractivity (Wildman–Crippen MR) is 50.5 cm³/mol. The van der Waals surface area contributed by atoms with E-state index in [0.29, 0.717) is 19.5 Å². The molecule has 1 saturated heterocycles. The van der Waals surface area contributed by atoms with E-state index >= 15 is 0 Å². The van der Waals surface area contributed by atoms with Gasteiger partial charge in [-0.15, -0.1) is 0 Å². The zero-order valence-corrected chi connectivity index (χ0v) is 8.08. The van der Waals surface area contributed by atoms with Crippen LogP contribution in [0.1, 0.15) is 25.7 Å². The van der Waals surface area contributed by atoms with E-state index in [2.05, 4.69) is 5.32 Å². The lowest BCUT2D eigenvalue weighted by molar-refractivity contribution is -0.134. The van der Waals surface area contributed by atoms with Gasteiger partial charge in [0.25, 0.3) is 5.91 Å². The summed E-state index contributed by atoms with van der Waals surface area (Å²) in [5, 5.41) is 2.77. The SMILES string of the molecule is NCCCN1C(=O)NC2(CCC2)C1=O. The number of amides is 3. The Morgan fingerprint density at radius 3 is 2.57 bits per heavy atom. The van der Waals surface area contributed by atoms with Crippen LogP contribution in [0.4, 0.5) is 4.79 Å². The Morgan fingerprint density at radius 1 is 1.43 bits per heavy atom. The number of urea groups is 1. The van der Waals surface area contributed by atoms with Crippen molar-refractivity contribution in [3.63, 3.8) is 0 Å². The molecule has 0 aromatic carbocycles. The van der Waals surface area contributed by atoms with Crippen LogP contribution in [0.2, 0.25) is 0 Å². The van der Waals surface area contributed by atoms with E-state index in [0.717, 1.165) is 19.3 Å². The lowest BCUT2D eigenvalue weighted by Gasteiger charge is -2.34. The maximum atomic E-state index is 11.8. The van der Waals surface area contributed by atoms with Gasteiger partial charge in [0.1, 0.15) is 5.54 Å². The summed E-state index contributed by atoms with van der Waals surface area (Å²) in [6.07, 6.45) is 3.28. The van der Waals surface area contributed by atoms with E-state index < -0.39 is 5.54 Å². The third-order valence-corrected chi connectivity index (χ3v) is 3.04. The molecule has 2 aliphatic rings. The number of nitrogens with zero attached hydrogens (tertiary/aromatic N) is 1. The van der Waals surface area contributed by atoms with Crippen molar-refractivity contribution in [3.05, 3.63) is 0 Å². The highest BCUT2D eigenvalue weighted by molar-refractivity contribution is 6.07. The fraction of sp³-hybridized carbons (Fsp3) is 0.778. The fourth-order valence-corrected chi connectivity index (χ4v) is 2.00. The molecule has 1 saturated carbocycles. The van der Waals surface area contributed by atoms with E-state index in [-0.39, 0.29) is 11.9 Å². The second-order valence-corrected chi connectivity index (χ2v) is 3.96. The van der Waals surface area contributed by atoms with Crippen LogP contribution >= 0.6 is 0 Å². The van der Waals surface area contributed by atoms with Crippen LogP contribution in [0.15, 0.2) is 0 Å². The number of rotatable bonds is 3. The number of carbonyl (C=O) groups is 2. The van der Waals surface area contributed by atoms with Crippen molar-refractivity contribution >= 4 is 11.9 Å². The Labute approximate surface area is 82.6 Å². The number of nitrogens with one attached hydrogen (secondary N) is 1. The largest absolute Gasteiger partial charge is 0.330 e. The lowest BCUT2D eigenvalue weighted by Crippen LogP contribution is -2.52. The monoisotopic (exact) mass is 197 g/mol. The minimum absolute atomic E-state index is 0.0535. The van der Waals surface area contributed by atoms with Gasteiger partial charge in [0.05, 0.1) is 0 Å². The number of imide groups is 1. The smallest absolute Gasteiger partial charge is 0.325 e. The van der Waals surface area contributed by atoms with Crippen molar-refractivity contribution in [2.45, 2.75) is 31.2 Å². The third kappa shape index (κ3) is 1.19. The number of nitrogens with two attached hydrogens (primary N) is 1. The molecule has 78 valence electrons. The average Bonchev–Trinajstić information content (AvgIpc) is 2.35. The minimum atomic E-state index is -0.536. The molecular formula is C9H15N3O2. The molecule has 0 atom stereocenters. The van der Waals surface area contributed by atoms with Gasteiger partial charge < -0.3 is 11.1 Å². The first-order valence-electron chi connectivity index (χ1n) is 5.04. The summed E-state index contributed by atoms with van der Waals surface area (Å²) in [6.45, 7) is 0.951. The van der Waals surface area contributed by atoms with E-state index in [1.807, 2.05) is 0 Å². The Hall–Kier alpha value is -1.10. The molecule has 1 aliphatic heterocycles. The molecule has 2 fully saturated rings. The summed E-state index contributed by atoms with van der Waals surface area (Å²) in [5.41, 5.74) is 4.81. The lowest BCUT2D eigenvalue weighted by atomic mass is 9.77. The molecule has 0 aromatic rings. The van der Waals surface area contributed by atoms with Crippen molar-refractivity contribution in [1.29, 1.82) is 0 Å². The molecular weight excluding hydrogens is 182 g/mol. The molecule has 1 aliphatic carbocycles. The highest BCUT2D eigenvalue weighted by Gasteiger charge is 2.54. The summed E-state index contributed by atoms with van der Waals surface area (Å²) in [5.74, 6) is -0.0535. The Bertz CT molecular complexity index is 273. The van der Waals surface area contributed by atoms with Gasteiger partial charge >= 0.3 is 6.03 Å². The highest BCUT2D eigenvalue weighted by Crippen LogP contribution is 2.37. The van der Waals surface area contributed by atoms with Crippen LogP contribution in [-0.4, -0.2) is 35.5 Å². The standard InChI is InChI=1S/C9H15N3O2/c10-5-2-6-12-7(13)9(3-1-4-9)11-8(12)14/h1-6,10H2,(H,11,14). The first-order chi connectivity index (χ1) is 6.69. The summed E-state index contributed by atoms with van der Waals surface area (Å²) in [4.78, 5) is 24.6. The Kier molecular flexibility index (Phi) is 2.19. The molecule has 0 radical (unpaired) electrons. The van der Waals surface area contributed by atoms with Gasteiger partial charge in [-0.3, -0.25) is 9.69 Å². The van der Waals surface area contributed by atoms with E-state index in [1.54, 1.807) is 0 Å². The van der Waals surface area contributed by atoms with Crippen LogP contribution in [0.3, 0.4) is 0 Å². The summed E-state index contributed by atoms with van der Waals surface area (Å²) in [7, 11) is 0. The van der Waals surface area contributed by atoms with Crippen LogP contribution in [0.5, 0.6) is 0 Å². The average molecular weight is 197 g/mol. The van der Waals surface area contributed by atoms with Crippen molar-refractivity contribution in [2.75, 3.05) is 13.1 Å². The molecule has 3 N–H and O–H groups in total. The van der Waals surface area contributed by atoms with Crippen molar-refractivity contribution in [2.24, 2.45) is 5.73 Å². The molecule has 0 unspecified atom stereocenters. The van der Waals surface area contributed by atoms with E-state index in [1.165, 1.54) is 4.90 Å². The van der Waals surface area contributed by atoms with Crippen LogP contribution < -0.4 is 11.1 Å². The Morgan fingerprint density at radius 2 is 2.14 bits per heavy atom. The normalized spacial score (nSPS) is 23.9. The molecule has 5 heteroatoms. The van der Waals surface area contributed by atoms with Gasteiger partial charge in [-0.25, -0.2) is 4.79 Å². The molecule has 1 spiro atoms. The van der Waals surface area contributed by atoms with Gasteiger partial charge in [-0.2, -0.15) is 0 Å². The zero-order chi connectivity index (χ0) is 10.2. The first kappa shape index (κ1) is 9.45. The van der Waals surface area contributed by atoms with Crippen LogP contribution in [0, 0.1) is 0 Å². The molecule has 0 bridgehead atoms. The fourth-order valence-electron chi connectivity index (χ4n) is 2.00. The van der Waals surface area contributed by atoms with Gasteiger partial charge in [-0.05, 0) is 32.2 Å². The third-order valence-electron chi connectivity index (χ3n) is 3.04. The van der Waals surface area contributed by atoms with Crippen LogP contribution in [-0.2, 0) is 4.79 Å².